The average molecular weight is 426 g/mol. The molecule has 6 nitrogen and oxygen atoms in total. The summed E-state index contributed by atoms with van der Waals surface area (Å²) in [7, 11) is 0. The molecule has 1 heterocycles. The number of fused-ring (bicyclic) bond motifs is 1. The highest BCUT2D eigenvalue weighted by atomic mass is 16.5. The molecule has 1 aliphatic rings. The molecule has 0 saturated carbocycles. The first-order valence-electron chi connectivity index (χ1n) is 11.3. The van der Waals surface area contributed by atoms with E-state index in [1.807, 2.05) is 30.3 Å². The van der Waals surface area contributed by atoms with Crippen molar-refractivity contribution in [1.29, 1.82) is 0 Å². The summed E-state index contributed by atoms with van der Waals surface area (Å²) < 4.78 is 11.4. The van der Waals surface area contributed by atoms with Crippen LogP contribution in [0.1, 0.15) is 38.7 Å². The van der Waals surface area contributed by atoms with E-state index in [0.717, 1.165) is 55.9 Å². The van der Waals surface area contributed by atoms with Crippen molar-refractivity contribution in [3.63, 3.8) is 0 Å². The number of carbonyl (C=O) groups excluding carboxylic acids is 1. The number of ether oxygens (including phenoxy) is 2. The Morgan fingerprint density at radius 3 is 2.71 bits per heavy atom. The number of hydrogen-bond acceptors (Lipinski definition) is 6. The minimum absolute atomic E-state index is 0.252. The third-order valence-electron chi connectivity index (χ3n) is 5.47. The van der Waals surface area contributed by atoms with Gasteiger partial charge in [0.1, 0.15) is 18.0 Å². The number of benzene rings is 2. The Labute approximate surface area is 185 Å². The number of anilines is 2. The molecule has 31 heavy (non-hydrogen) atoms. The van der Waals surface area contributed by atoms with Gasteiger partial charge in [-0.15, -0.1) is 0 Å². The van der Waals surface area contributed by atoms with Crippen LogP contribution < -0.4 is 20.1 Å². The van der Waals surface area contributed by atoms with Crippen molar-refractivity contribution in [3.05, 3.63) is 54.1 Å². The van der Waals surface area contributed by atoms with Crippen molar-refractivity contribution in [2.45, 2.75) is 51.7 Å². The molecule has 0 radical (unpaired) electrons. The van der Waals surface area contributed by atoms with Crippen LogP contribution in [0.5, 0.6) is 5.75 Å². The van der Waals surface area contributed by atoms with Crippen molar-refractivity contribution in [3.8, 4) is 5.75 Å². The first kappa shape index (κ1) is 22.9. The summed E-state index contributed by atoms with van der Waals surface area (Å²) in [4.78, 5) is 13.6. The van der Waals surface area contributed by atoms with E-state index in [9.17, 15) is 9.90 Å². The summed E-state index contributed by atoms with van der Waals surface area (Å²) in [5.41, 5.74) is 3.12. The summed E-state index contributed by atoms with van der Waals surface area (Å²) >= 11 is 0. The topological polar surface area (TPSA) is 73.9 Å². The third kappa shape index (κ3) is 6.62. The number of nitrogens with zero attached hydrogens (tertiary/aromatic N) is 1. The number of rotatable bonds is 12. The number of carboxylic acid groups (broad SMARTS) is 1. The fourth-order valence-electron chi connectivity index (χ4n) is 3.95. The fraction of sp³-hybridized carbons (Fsp3) is 0.480. The maximum absolute atomic E-state index is 11.1. The molecule has 1 N–H and O–H groups in total. The molecule has 0 spiro atoms. The van der Waals surface area contributed by atoms with Crippen LogP contribution >= 0.6 is 0 Å². The maximum Gasteiger partial charge on any atom is 0.143 e. The highest BCUT2D eigenvalue weighted by molar-refractivity contribution is 5.70. The second-order valence-electron chi connectivity index (χ2n) is 7.89. The zero-order valence-corrected chi connectivity index (χ0v) is 18.5. The second kappa shape index (κ2) is 11.6. The highest BCUT2D eigenvalue weighted by Gasteiger charge is 2.24. The van der Waals surface area contributed by atoms with Gasteiger partial charge in [-0.2, -0.15) is 0 Å². The molecule has 2 aromatic carbocycles. The lowest BCUT2D eigenvalue weighted by Gasteiger charge is -2.36. The Bertz CT molecular complexity index is 825. The molecule has 2 unspecified atom stereocenters. The van der Waals surface area contributed by atoms with E-state index >= 15 is 0 Å². The van der Waals surface area contributed by atoms with Gasteiger partial charge in [0, 0.05) is 31.8 Å². The van der Waals surface area contributed by atoms with Gasteiger partial charge in [0.2, 0.25) is 0 Å². The van der Waals surface area contributed by atoms with E-state index in [1.165, 1.54) is 5.69 Å². The first-order valence-corrected chi connectivity index (χ1v) is 11.3. The van der Waals surface area contributed by atoms with Gasteiger partial charge in [0.25, 0.3) is 0 Å². The molecule has 0 aliphatic carbocycles. The quantitative estimate of drug-likeness (QED) is 0.526. The summed E-state index contributed by atoms with van der Waals surface area (Å²) in [5.74, 6) is -0.187. The summed E-state index contributed by atoms with van der Waals surface area (Å²) in [6, 6.07) is 16.1. The van der Waals surface area contributed by atoms with Crippen LogP contribution in [-0.2, 0) is 16.0 Å². The van der Waals surface area contributed by atoms with Gasteiger partial charge in [-0.05, 0) is 49.6 Å². The molecule has 0 amide bonds. The smallest absolute Gasteiger partial charge is 0.143 e. The maximum atomic E-state index is 11.1. The van der Waals surface area contributed by atoms with Crippen LogP contribution in [-0.4, -0.2) is 44.4 Å². The van der Waals surface area contributed by atoms with Crippen molar-refractivity contribution in [2.24, 2.45) is 0 Å². The third-order valence-corrected chi connectivity index (χ3v) is 5.47. The van der Waals surface area contributed by atoms with E-state index in [-0.39, 0.29) is 6.10 Å². The van der Waals surface area contributed by atoms with Crippen LogP contribution in [0.15, 0.2) is 48.5 Å². The monoisotopic (exact) mass is 425 g/mol. The number of carboxylic acids is 1. The van der Waals surface area contributed by atoms with Gasteiger partial charge in [-0.1, -0.05) is 37.6 Å². The van der Waals surface area contributed by atoms with E-state index in [0.29, 0.717) is 13.0 Å². The van der Waals surface area contributed by atoms with Crippen LogP contribution in [0.25, 0.3) is 0 Å². The number of hydrogen-bond donors (Lipinski definition) is 1. The highest BCUT2D eigenvalue weighted by Crippen LogP contribution is 2.34. The Kier molecular flexibility index (Phi) is 8.59. The summed E-state index contributed by atoms with van der Waals surface area (Å²) in [6.45, 7) is 7.08. The van der Waals surface area contributed by atoms with Crippen LogP contribution in [0.4, 0.5) is 11.4 Å². The molecule has 2 aromatic rings. The SMILES string of the molecule is CCCC1CN(CCCNc2ccc(CC(OCC)C(=O)[O-])cc2)c2ccccc2O1. The Hall–Kier alpha value is -2.73. The molecule has 0 fully saturated rings. The van der Waals surface area contributed by atoms with Gasteiger partial charge in [0.05, 0.1) is 18.2 Å². The van der Waals surface area contributed by atoms with E-state index < -0.39 is 12.1 Å². The average Bonchev–Trinajstić information content (AvgIpc) is 2.77. The zero-order chi connectivity index (χ0) is 22.1. The number of aliphatic carboxylic acids is 1. The molecule has 2 atom stereocenters. The van der Waals surface area contributed by atoms with E-state index in [1.54, 1.807) is 6.92 Å². The van der Waals surface area contributed by atoms with E-state index in [2.05, 4.69) is 35.3 Å². The lowest BCUT2D eigenvalue weighted by Crippen LogP contribution is -2.40. The number of nitrogens with one attached hydrogen (secondary N) is 1. The minimum atomic E-state index is -1.17. The zero-order valence-electron chi connectivity index (χ0n) is 18.5. The molecule has 3 rings (SSSR count). The normalized spacial score (nSPS) is 16.3. The largest absolute Gasteiger partial charge is 0.547 e. The van der Waals surface area contributed by atoms with Crippen LogP contribution in [0.3, 0.4) is 0 Å². The molecular weight excluding hydrogens is 392 g/mol. The number of para-hydroxylation sites is 2. The molecule has 6 heteroatoms. The fourth-order valence-corrected chi connectivity index (χ4v) is 3.95. The first-order chi connectivity index (χ1) is 15.1. The Balaban J connectivity index is 1.48. The predicted octanol–water partition coefficient (Wildman–Crippen LogP) is 3.25. The van der Waals surface area contributed by atoms with Crippen molar-refractivity contribution < 1.29 is 19.4 Å². The minimum Gasteiger partial charge on any atom is -0.547 e. The molecular formula is C25H33N2O4-. The predicted molar refractivity (Wildman–Crippen MR) is 122 cm³/mol. The van der Waals surface area contributed by atoms with Crippen LogP contribution in [0, 0.1) is 0 Å². The van der Waals surface area contributed by atoms with Crippen molar-refractivity contribution >= 4 is 17.3 Å². The number of carbonyl (C=O) groups is 1. The van der Waals surface area contributed by atoms with Gasteiger partial charge < -0.3 is 29.6 Å². The Morgan fingerprint density at radius 1 is 1.23 bits per heavy atom. The lowest BCUT2D eigenvalue weighted by atomic mass is 10.1. The summed E-state index contributed by atoms with van der Waals surface area (Å²) in [6.07, 6.45) is 2.85. The lowest BCUT2D eigenvalue weighted by molar-refractivity contribution is -0.316. The van der Waals surface area contributed by atoms with Gasteiger partial charge >= 0.3 is 0 Å². The van der Waals surface area contributed by atoms with Crippen molar-refractivity contribution in [2.75, 3.05) is 36.5 Å². The Morgan fingerprint density at radius 2 is 2.00 bits per heavy atom. The summed E-state index contributed by atoms with van der Waals surface area (Å²) in [5, 5.41) is 14.6. The molecule has 0 aromatic heterocycles. The molecule has 0 saturated heterocycles. The van der Waals surface area contributed by atoms with Crippen molar-refractivity contribution in [1.82, 2.24) is 0 Å². The standard InChI is InChI=1S/C25H34N2O4/c1-3-8-21-18-27(22-9-5-6-10-23(22)31-21)16-7-15-26-20-13-11-19(12-14-20)17-24(25(28)29)30-4-2/h5-6,9-14,21,24,26H,3-4,7-8,15-18H2,1-2H3,(H,28,29)/p-1. The van der Waals surface area contributed by atoms with Gasteiger partial charge in [0.15, 0.2) is 0 Å². The van der Waals surface area contributed by atoms with Gasteiger partial charge in [-0.25, -0.2) is 0 Å². The molecule has 1 aliphatic heterocycles. The van der Waals surface area contributed by atoms with Gasteiger partial charge in [-0.3, -0.25) is 0 Å². The molecule has 168 valence electrons. The molecule has 0 bridgehead atoms. The second-order valence-corrected chi connectivity index (χ2v) is 7.89. The van der Waals surface area contributed by atoms with Crippen LogP contribution in [0.2, 0.25) is 0 Å². The van der Waals surface area contributed by atoms with E-state index in [4.69, 9.17) is 9.47 Å².